The Kier molecular flexibility index (Phi) is 5.44. The molecule has 26 heavy (non-hydrogen) atoms. The second-order valence-corrected chi connectivity index (χ2v) is 6.90. The van der Waals surface area contributed by atoms with Crippen molar-refractivity contribution in [3.63, 3.8) is 0 Å². The first-order chi connectivity index (χ1) is 12.5. The van der Waals surface area contributed by atoms with Crippen LogP contribution in [-0.4, -0.2) is 25.1 Å². The van der Waals surface area contributed by atoms with E-state index < -0.39 is 0 Å². The summed E-state index contributed by atoms with van der Waals surface area (Å²) in [6.45, 7) is 1.82. The first-order valence-electron chi connectivity index (χ1n) is 7.78. The van der Waals surface area contributed by atoms with E-state index in [9.17, 15) is 4.79 Å². The zero-order valence-corrected chi connectivity index (χ0v) is 16.1. The van der Waals surface area contributed by atoms with Crippen LogP contribution in [0, 0.1) is 6.92 Å². The van der Waals surface area contributed by atoms with Gasteiger partial charge < -0.3 is 14.8 Å². The zero-order chi connectivity index (χ0) is 18.7. The molecule has 0 saturated heterocycles. The van der Waals surface area contributed by atoms with Gasteiger partial charge >= 0.3 is 0 Å². The number of halogens is 1. The van der Waals surface area contributed by atoms with E-state index in [4.69, 9.17) is 21.1 Å². The van der Waals surface area contributed by atoms with Crippen LogP contribution in [0.25, 0.3) is 10.6 Å². The van der Waals surface area contributed by atoms with Crippen LogP contribution < -0.4 is 14.8 Å². The molecule has 0 bridgehead atoms. The molecule has 2 aromatic carbocycles. The molecule has 1 heterocycles. The fourth-order valence-electron chi connectivity index (χ4n) is 2.40. The highest BCUT2D eigenvalue weighted by molar-refractivity contribution is 7.17. The molecule has 1 aromatic heterocycles. The Labute approximate surface area is 160 Å². The molecule has 134 valence electrons. The number of carbonyl (C=O) groups excluding carboxylic acids is 1. The summed E-state index contributed by atoms with van der Waals surface area (Å²) >= 11 is 7.26. The fourth-order valence-corrected chi connectivity index (χ4v) is 3.50. The lowest BCUT2D eigenvalue weighted by Crippen LogP contribution is -2.12. The van der Waals surface area contributed by atoms with Crippen molar-refractivity contribution < 1.29 is 14.3 Å². The van der Waals surface area contributed by atoms with E-state index in [1.165, 1.54) is 11.3 Å². The number of aromatic nitrogens is 1. The molecule has 0 atom stereocenters. The zero-order valence-electron chi connectivity index (χ0n) is 14.5. The van der Waals surface area contributed by atoms with Gasteiger partial charge in [0.2, 0.25) is 0 Å². The summed E-state index contributed by atoms with van der Waals surface area (Å²) in [5, 5.41) is 4.30. The Morgan fingerprint density at radius 1 is 1.12 bits per heavy atom. The highest BCUT2D eigenvalue weighted by Gasteiger charge is 2.18. The van der Waals surface area contributed by atoms with Gasteiger partial charge in [0.05, 0.1) is 25.6 Å². The van der Waals surface area contributed by atoms with Crippen LogP contribution in [0.4, 0.5) is 5.69 Å². The second-order valence-electron chi connectivity index (χ2n) is 5.46. The third-order valence-electron chi connectivity index (χ3n) is 3.75. The number of amides is 1. The number of carbonyl (C=O) groups is 1. The average Bonchev–Trinajstić information content (AvgIpc) is 3.04. The van der Waals surface area contributed by atoms with Crippen molar-refractivity contribution in [2.75, 3.05) is 19.5 Å². The third-order valence-corrected chi connectivity index (χ3v) is 5.21. The first kappa shape index (κ1) is 18.2. The van der Waals surface area contributed by atoms with E-state index in [0.717, 1.165) is 10.6 Å². The molecule has 7 heteroatoms. The van der Waals surface area contributed by atoms with E-state index in [2.05, 4.69) is 10.3 Å². The van der Waals surface area contributed by atoms with Gasteiger partial charge in [-0.15, -0.1) is 11.3 Å². The number of ether oxygens (including phenoxy) is 2. The Morgan fingerprint density at radius 2 is 1.85 bits per heavy atom. The Bertz CT molecular complexity index is 938. The minimum Gasteiger partial charge on any atom is -0.497 e. The average molecular weight is 389 g/mol. The molecule has 0 radical (unpaired) electrons. The van der Waals surface area contributed by atoms with Crippen molar-refractivity contribution in [3.8, 4) is 22.1 Å². The number of nitrogens with zero attached hydrogens (tertiary/aromatic N) is 1. The molecule has 3 rings (SSSR count). The largest absolute Gasteiger partial charge is 0.497 e. The Balaban J connectivity index is 1.86. The van der Waals surface area contributed by atoms with Crippen LogP contribution in [0.2, 0.25) is 5.02 Å². The fraction of sp³-hybridized carbons (Fsp3) is 0.158. The molecule has 1 N–H and O–H groups in total. The number of rotatable bonds is 5. The van der Waals surface area contributed by atoms with Gasteiger partial charge in [-0.2, -0.15) is 0 Å². The SMILES string of the molecule is COc1ccc(NC(=O)c2sc(-c3ccc(Cl)cc3)nc2C)c(OC)c1. The monoisotopic (exact) mass is 388 g/mol. The molecular weight excluding hydrogens is 372 g/mol. The number of methoxy groups -OCH3 is 2. The normalized spacial score (nSPS) is 10.5. The number of hydrogen-bond acceptors (Lipinski definition) is 5. The van der Waals surface area contributed by atoms with E-state index in [1.807, 2.05) is 19.1 Å². The molecule has 5 nitrogen and oxygen atoms in total. The van der Waals surface area contributed by atoms with E-state index >= 15 is 0 Å². The molecule has 0 unspecified atom stereocenters. The standard InChI is InChI=1S/C19H17ClN2O3S/c1-11-17(26-19(21-11)12-4-6-13(20)7-5-12)18(23)22-15-9-8-14(24-2)10-16(15)25-3/h4-10H,1-3H3,(H,22,23). The van der Waals surface area contributed by atoms with Crippen LogP contribution >= 0.6 is 22.9 Å². The molecule has 0 aliphatic rings. The number of thiazole rings is 1. The van der Waals surface area contributed by atoms with Crippen molar-refractivity contribution in [2.45, 2.75) is 6.92 Å². The smallest absolute Gasteiger partial charge is 0.267 e. The van der Waals surface area contributed by atoms with E-state index in [1.54, 1.807) is 44.6 Å². The van der Waals surface area contributed by atoms with Crippen LogP contribution in [0.5, 0.6) is 11.5 Å². The summed E-state index contributed by atoms with van der Waals surface area (Å²) in [6, 6.07) is 12.6. The number of anilines is 1. The van der Waals surface area contributed by atoms with Crippen LogP contribution in [0.1, 0.15) is 15.4 Å². The van der Waals surface area contributed by atoms with Gasteiger partial charge in [-0.3, -0.25) is 4.79 Å². The summed E-state index contributed by atoms with van der Waals surface area (Å²) in [4.78, 5) is 17.8. The summed E-state index contributed by atoms with van der Waals surface area (Å²) in [7, 11) is 3.12. The maximum atomic E-state index is 12.7. The maximum Gasteiger partial charge on any atom is 0.267 e. The van der Waals surface area contributed by atoms with Crippen LogP contribution in [-0.2, 0) is 0 Å². The van der Waals surface area contributed by atoms with Crippen molar-refractivity contribution in [1.29, 1.82) is 0 Å². The predicted octanol–water partition coefficient (Wildman–Crippen LogP) is 5.04. The lowest BCUT2D eigenvalue weighted by Gasteiger charge is -2.11. The quantitative estimate of drug-likeness (QED) is 0.665. The van der Waals surface area contributed by atoms with E-state index in [0.29, 0.717) is 32.8 Å². The molecule has 0 saturated carbocycles. The van der Waals surface area contributed by atoms with Gasteiger partial charge in [0.1, 0.15) is 21.4 Å². The summed E-state index contributed by atoms with van der Waals surface area (Å²) < 4.78 is 10.5. The minimum atomic E-state index is -0.233. The summed E-state index contributed by atoms with van der Waals surface area (Å²) in [5.41, 5.74) is 2.16. The van der Waals surface area contributed by atoms with Gasteiger partial charge in [0.25, 0.3) is 5.91 Å². The van der Waals surface area contributed by atoms with Crippen molar-refractivity contribution >= 4 is 34.5 Å². The molecule has 1 amide bonds. The highest BCUT2D eigenvalue weighted by atomic mass is 35.5. The molecule has 3 aromatic rings. The maximum absolute atomic E-state index is 12.7. The molecule has 0 spiro atoms. The van der Waals surface area contributed by atoms with Gasteiger partial charge in [-0.25, -0.2) is 4.98 Å². The lowest BCUT2D eigenvalue weighted by molar-refractivity contribution is 0.102. The lowest BCUT2D eigenvalue weighted by atomic mass is 10.2. The van der Waals surface area contributed by atoms with Gasteiger partial charge in [0, 0.05) is 16.7 Å². The topological polar surface area (TPSA) is 60.5 Å². The van der Waals surface area contributed by atoms with Crippen molar-refractivity contribution in [2.24, 2.45) is 0 Å². The highest BCUT2D eigenvalue weighted by Crippen LogP contribution is 2.32. The number of hydrogen-bond donors (Lipinski definition) is 1. The van der Waals surface area contributed by atoms with Gasteiger partial charge in [-0.1, -0.05) is 23.7 Å². The number of aryl methyl sites for hydroxylation is 1. The summed E-state index contributed by atoms with van der Waals surface area (Å²) in [5.74, 6) is 0.945. The van der Waals surface area contributed by atoms with Gasteiger partial charge in [0.15, 0.2) is 0 Å². The van der Waals surface area contributed by atoms with E-state index in [-0.39, 0.29) is 5.91 Å². The van der Waals surface area contributed by atoms with Gasteiger partial charge in [-0.05, 0) is 31.2 Å². The molecular formula is C19H17ClN2O3S. The van der Waals surface area contributed by atoms with Crippen LogP contribution in [0.3, 0.4) is 0 Å². The van der Waals surface area contributed by atoms with Crippen LogP contribution in [0.15, 0.2) is 42.5 Å². The number of nitrogens with one attached hydrogen (secondary N) is 1. The minimum absolute atomic E-state index is 0.233. The first-order valence-corrected chi connectivity index (χ1v) is 8.98. The molecule has 0 aliphatic heterocycles. The second kappa shape index (κ2) is 7.76. The van der Waals surface area contributed by atoms with Crippen molar-refractivity contribution in [1.82, 2.24) is 4.98 Å². The number of benzene rings is 2. The Hall–Kier alpha value is -2.57. The van der Waals surface area contributed by atoms with Crippen molar-refractivity contribution in [3.05, 3.63) is 58.1 Å². The predicted molar refractivity (Wildman–Crippen MR) is 105 cm³/mol. The summed E-state index contributed by atoms with van der Waals surface area (Å²) in [6.07, 6.45) is 0. The third kappa shape index (κ3) is 3.81. The molecule has 0 fully saturated rings. The molecule has 0 aliphatic carbocycles. The Morgan fingerprint density at radius 3 is 2.50 bits per heavy atom.